The van der Waals surface area contributed by atoms with Crippen LogP contribution in [0.4, 0.5) is 11.6 Å². The van der Waals surface area contributed by atoms with Crippen LogP contribution in [0.1, 0.15) is 34.5 Å². The van der Waals surface area contributed by atoms with E-state index >= 15 is 0 Å². The molecule has 4 heterocycles. The molecule has 5 rings (SSSR count). The summed E-state index contributed by atoms with van der Waals surface area (Å²) in [6.07, 6.45) is 3.25. The molecule has 0 atom stereocenters. The third-order valence-corrected chi connectivity index (χ3v) is 7.55. The summed E-state index contributed by atoms with van der Waals surface area (Å²) < 4.78 is 1.87. The van der Waals surface area contributed by atoms with Gasteiger partial charge in [0, 0.05) is 30.0 Å². The van der Waals surface area contributed by atoms with Crippen LogP contribution in [0.2, 0.25) is 0 Å². The lowest BCUT2D eigenvalue weighted by atomic mass is 9.95. The molecular weight excluding hydrogens is 432 g/mol. The van der Waals surface area contributed by atoms with Crippen molar-refractivity contribution in [2.45, 2.75) is 40.2 Å². The molecule has 4 aromatic rings. The summed E-state index contributed by atoms with van der Waals surface area (Å²) in [5.74, 6) is 1.80. The molecule has 33 heavy (non-hydrogen) atoms. The molecule has 3 aromatic heterocycles. The Bertz CT molecular complexity index is 1290. The van der Waals surface area contributed by atoms with E-state index in [2.05, 4.69) is 51.3 Å². The van der Waals surface area contributed by atoms with Crippen molar-refractivity contribution in [3.63, 3.8) is 0 Å². The van der Waals surface area contributed by atoms with Crippen molar-refractivity contribution >= 4 is 39.1 Å². The van der Waals surface area contributed by atoms with Crippen molar-refractivity contribution in [3.05, 3.63) is 64.4 Å². The number of anilines is 2. The minimum atomic E-state index is -0.0238. The molecule has 7 nitrogen and oxygen atoms in total. The fourth-order valence-corrected chi connectivity index (χ4v) is 5.50. The lowest BCUT2D eigenvalue weighted by molar-refractivity contribution is -0.120. The maximum Gasteiger partial charge on any atom is 0.228 e. The first kappa shape index (κ1) is 21.6. The van der Waals surface area contributed by atoms with Gasteiger partial charge in [0.15, 0.2) is 0 Å². The number of thiophene rings is 1. The number of fused-ring (bicyclic) bond motifs is 1. The van der Waals surface area contributed by atoms with E-state index < -0.39 is 0 Å². The average molecular weight is 461 g/mol. The van der Waals surface area contributed by atoms with Gasteiger partial charge in [0.2, 0.25) is 5.91 Å². The summed E-state index contributed by atoms with van der Waals surface area (Å²) in [7, 11) is 0. The largest absolute Gasteiger partial charge is 0.356 e. The maximum absolute atomic E-state index is 13.1. The lowest BCUT2D eigenvalue weighted by Crippen LogP contribution is -2.39. The summed E-state index contributed by atoms with van der Waals surface area (Å²) in [5, 5.41) is 8.87. The number of aromatic nitrogens is 4. The molecule has 1 N–H and O–H groups in total. The van der Waals surface area contributed by atoms with Crippen LogP contribution in [0.5, 0.6) is 0 Å². The summed E-state index contributed by atoms with van der Waals surface area (Å²) in [5.41, 5.74) is 3.30. The van der Waals surface area contributed by atoms with Gasteiger partial charge in [-0.1, -0.05) is 30.3 Å². The molecule has 0 spiro atoms. The predicted octanol–water partition coefficient (Wildman–Crippen LogP) is 4.72. The van der Waals surface area contributed by atoms with E-state index in [0.717, 1.165) is 59.0 Å². The van der Waals surface area contributed by atoms with Gasteiger partial charge < -0.3 is 10.2 Å². The Balaban J connectivity index is 1.26. The zero-order valence-corrected chi connectivity index (χ0v) is 20.0. The number of hydrogen-bond donors (Lipinski definition) is 1. The number of carbonyl (C=O) groups excluding carboxylic acids is 1. The van der Waals surface area contributed by atoms with Crippen molar-refractivity contribution in [3.8, 4) is 0 Å². The Kier molecular flexibility index (Phi) is 5.85. The van der Waals surface area contributed by atoms with Gasteiger partial charge in [0.25, 0.3) is 0 Å². The number of benzene rings is 1. The monoisotopic (exact) mass is 460 g/mol. The number of aryl methyl sites for hydroxylation is 3. The molecular formula is C25H28N6OS. The van der Waals surface area contributed by atoms with E-state index in [9.17, 15) is 4.79 Å². The van der Waals surface area contributed by atoms with E-state index in [1.54, 1.807) is 17.7 Å². The van der Waals surface area contributed by atoms with Gasteiger partial charge in [-0.25, -0.2) is 14.6 Å². The fourth-order valence-electron chi connectivity index (χ4n) is 4.51. The van der Waals surface area contributed by atoms with Crippen LogP contribution >= 0.6 is 11.3 Å². The standard InChI is InChI=1S/C25H28N6OS/c1-16-13-21(31(29-16)14-19-7-5-4-6-8-19)28-24(32)20-9-11-30(12-10-20)23-22-17(2)18(3)33-25(22)27-15-26-23/h4-8,13,15,20H,9-12,14H2,1-3H3,(H,28,32). The van der Waals surface area contributed by atoms with Crippen molar-refractivity contribution in [2.24, 2.45) is 5.92 Å². The van der Waals surface area contributed by atoms with Crippen LogP contribution in [-0.2, 0) is 11.3 Å². The highest BCUT2D eigenvalue weighted by Gasteiger charge is 2.28. The van der Waals surface area contributed by atoms with E-state index in [1.807, 2.05) is 35.9 Å². The highest BCUT2D eigenvalue weighted by Crippen LogP contribution is 2.35. The summed E-state index contributed by atoms with van der Waals surface area (Å²) in [6, 6.07) is 12.1. The lowest BCUT2D eigenvalue weighted by Gasteiger charge is -2.32. The summed E-state index contributed by atoms with van der Waals surface area (Å²) >= 11 is 1.72. The van der Waals surface area contributed by atoms with Gasteiger partial charge in [-0.3, -0.25) is 4.79 Å². The predicted molar refractivity (Wildman–Crippen MR) is 133 cm³/mol. The summed E-state index contributed by atoms with van der Waals surface area (Å²) in [4.78, 5) is 26.8. The Morgan fingerprint density at radius 1 is 1.12 bits per heavy atom. The van der Waals surface area contributed by atoms with Gasteiger partial charge in [-0.05, 0) is 44.7 Å². The molecule has 0 radical (unpaired) electrons. The number of nitrogens with one attached hydrogen (secondary N) is 1. The zero-order valence-electron chi connectivity index (χ0n) is 19.2. The Morgan fingerprint density at radius 2 is 1.88 bits per heavy atom. The number of carbonyl (C=O) groups is 1. The molecule has 1 aliphatic rings. The quantitative estimate of drug-likeness (QED) is 0.467. The number of amides is 1. The molecule has 1 fully saturated rings. The number of rotatable bonds is 5. The van der Waals surface area contributed by atoms with Crippen molar-refractivity contribution in [2.75, 3.05) is 23.3 Å². The number of hydrogen-bond acceptors (Lipinski definition) is 6. The molecule has 1 aromatic carbocycles. The average Bonchev–Trinajstić information content (AvgIpc) is 3.32. The molecule has 170 valence electrons. The molecule has 1 saturated heterocycles. The van der Waals surface area contributed by atoms with Gasteiger partial charge in [-0.2, -0.15) is 5.10 Å². The fraction of sp³-hybridized carbons (Fsp3) is 0.360. The molecule has 1 aliphatic heterocycles. The molecule has 8 heteroatoms. The Hall–Kier alpha value is -3.26. The summed E-state index contributed by atoms with van der Waals surface area (Å²) in [6.45, 7) is 8.47. The van der Waals surface area contributed by atoms with E-state index in [0.29, 0.717) is 6.54 Å². The van der Waals surface area contributed by atoms with E-state index in [-0.39, 0.29) is 11.8 Å². The Labute approximate surface area is 197 Å². The molecule has 0 aliphatic carbocycles. The van der Waals surface area contributed by atoms with E-state index in [4.69, 9.17) is 0 Å². The van der Waals surface area contributed by atoms with Crippen molar-refractivity contribution in [1.82, 2.24) is 19.7 Å². The first-order chi connectivity index (χ1) is 16.0. The van der Waals surface area contributed by atoms with Crippen LogP contribution in [0.3, 0.4) is 0 Å². The first-order valence-electron chi connectivity index (χ1n) is 11.3. The molecule has 0 saturated carbocycles. The topological polar surface area (TPSA) is 75.9 Å². The van der Waals surface area contributed by atoms with Gasteiger partial charge in [-0.15, -0.1) is 11.3 Å². The second-order valence-corrected chi connectivity index (χ2v) is 9.93. The Morgan fingerprint density at radius 3 is 2.64 bits per heavy atom. The third-order valence-electron chi connectivity index (χ3n) is 6.44. The van der Waals surface area contributed by atoms with Crippen molar-refractivity contribution in [1.29, 1.82) is 0 Å². The molecule has 0 bridgehead atoms. The van der Waals surface area contributed by atoms with Crippen molar-refractivity contribution < 1.29 is 4.79 Å². The third kappa shape index (κ3) is 4.35. The van der Waals surface area contributed by atoms with Crippen LogP contribution in [0.25, 0.3) is 10.2 Å². The molecule has 1 amide bonds. The minimum absolute atomic E-state index is 0.0238. The normalized spacial score (nSPS) is 14.7. The van der Waals surface area contributed by atoms with Crippen LogP contribution in [-0.4, -0.2) is 38.7 Å². The highest BCUT2D eigenvalue weighted by atomic mass is 32.1. The second kappa shape index (κ2) is 8.94. The van der Waals surface area contributed by atoms with Crippen LogP contribution in [0, 0.1) is 26.7 Å². The van der Waals surface area contributed by atoms with Gasteiger partial charge in [0.1, 0.15) is 22.8 Å². The van der Waals surface area contributed by atoms with Crippen LogP contribution in [0.15, 0.2) is 42.7 Å². The van der Waals surface area contributed by atoms with Crippen LogP contribution < -0.4 is 10.2 Å². The highest BCUT2D eigenvalue weighted by molar-refractivity contribution is 7.18. The number of nitrogens with zero attached hydrogens (tertiary/aromatic N) is 5. The first-order valence-corrected chi connectivity index (χ1v) is 12.2. The SMILES string of the molecule is Cc1cc(NC(=O)C2CCN(c3ncnc4sc(C)c(C)c34)CC2)n(Cc2ccccc2)n1. The second-order valence-electron chi connectivity index (χ2n) is 8.73. The van der Waals surface area contributed by atoms with E-state index in [1.165, 1.54) is 10.4 Å². The zero-order chi connectivity index (χ0) is 22.9. The maximum atomic E-state index is 13.1. The molecule has 0 unspecified atom stereocenters. The van der Waals surface area contributed by atoms with Gasteiger partial charge >= 0.3 is 0 Å². The smallest absolute Gasteiger partial charge is 0.228 e. The minimum Gasteiger partial charge on any atom is -0.356 e. The van der Waals surface area contributed by atoms with Gasteiger partial charge in [0.05, 0.1) is 17.6 Å². The number of piperidine rings is 1.